The van der Waals surface area contributed by atoms with Crippen LogP contribution in [0.25, 0.3) is 22.5 Å². The molecule has 2 fully saturated rings. The van der Waals surface area contributed by atoms with E-state index in [0.717, 1.165) is 48.8 Å². The van der Waals surface area contributed by atoms with E-state index in [1.807, 2.05) is 62.6 Å². The zero-order valence-corrected chi connectivity index (χ0v) is 21.6. The molecule has 1 aliphatic heterocycles. The van der Waals surface area contributed by atoms with Crippen LogP contribution in [-0.2, 0) is 16.7 Å². The minimum atomic E-state index is -0.535. The molecule has 1 saturated heterocycles. The molecule has 3 heterocycles. The van der Waals surface area contributed by atoms with Gasteiger partial charge >= 0.3 is 6.09 Å². The second-order valence-corrected chi connectivity index (χ2v) is 11.2. The van der Waals surface area contributed by atoms with E-state index >= 15 is 0 Å². The summed E-state index contributed by atoms with van der Waals surface area (Å²) in [7, 11) is 0. The molecule has 1 saturated carbocycles. The zero-order chi connectivity index (χ0) is 26.3. The van der Waals surface area contributed by atoms with Gasteiger partial charge in [-0.25, -0.2) is 9.78 Å². The van der Waals surface area contributed by atoms with Crippen molar-refractivity contribution >= 4 is 17.1 Å². The molecule has 2 aromatic heterocycles. The third-order valence-electron chi connectivity index (χ3n) is 7.76. The third kappa shape index (κ3) is 4.51. The van der Waals surface area contributed by atoms with Gasteiger partial charge in [-0.15, -0.1) is 10.2 Å². The average Bonchev–Trinajstić information content (AvgIpc) is 3.63. The number of ether oxygens (including phenoxy) is 1. The smallest absolute Gasteiger partial charge is 0.410 e. The molecular formula is C29H30N6O3. The largest absolute Gasteiger partial charge is 0.441 e. The predicted molar refractivity (Wildman–Crippen MR) is 140 cm³/mol. The van der Waals surface area contributed by atoms with Crippen LogP contribution in [0, 0.1) is 17.2 Å². The summed E-state index contributed by atoms with van der Waals surface area (Å²) in [4.78, 5) is 19.3. The van der Waals surface area contributed by atoms with Crippen molar-refractivity contribution < 1.29 is 13.9 Å². The van der Waals surface area contributed by atoms with Gasteiger partial charge in [0.1, 0.15) is 5.60 Å². The number of amides is 1. The molecule has 2 atom stereocenters. The Kier molecular flexibility index (Phi) is 5.90. The van der Waals surface area contributed by atoms with Gasteiger partial charge in [-0.3, -0.25) is 0 Å². The van der Waals surface area contributed by atoms with Gasteiger partial charge in [-0.05, 0) is 75.8 Å². The maximum Gasteiger partial charge on any atom is 0.410 e. The highest BCUT2D eigenvalue weighted by Crippen LogP contribution is 2.41. The first-order valence-corrected chi connectivity index (χ1v) is 13.1. The van der Waals surface area contributed by atoms with E-state index in [4.69, 9.17) is 9.15 Å². The van der Waals surface area contributed by atoms with E-state index in [1.165, 1.54) is 0 Å². The van der Waals surface area contributed by atoms with Crippen molar-refractivity contribution in [2.45, 2.75) is 57.1 Å². The van der Waals surface area contributed by atoms with Crippen molar-refractivity contribution in [3.05, 3.63) is 66.3 Å². The SMILES string of the molecule is CC(C)(CN1CC2(CCC[C@H](Cn3cnc4ccc(C#N)cc43)C2)OC1=O)c1nnc(-c2ccccc2)o1. The van der Waals surface area contributed by atoms with Crippen molar-refractivity contribution in [3.63, 3.8) is 0 Å². The van der Waals surface area contributed by atoms with Crippen LogP contribution < -0.4 is 0 Å². The van der Waals surface area contributed by atoms with Gasteiger partial charge in [0.15, 0.2) is 0 Å². The molecule has 9 nitrogen and oxygen atoms in total. The molecule has 2 aromatic carbocycles. The number of hydrogen-bond donors (Lipinski definition) is 0. The number of carbonyl (C=O) groups is 1. The Morgan fingerprint density at radius 2 is 2.03 bits per heavy atom. The maximum atomic E-state index is 13.0. The molecule has 0 radical (unpaired) electrons. The highest BCUT2D eigenvalue weighted by molar-refractivity contribution is 5.77. The number of carbonyl (C=O) groups excluding carboxylic acids is 1. The lowest BCUT2D eigenvalue weighted by Gasteiger charge is -2.36. The fourth-order valence-electron chi connectivity index (χ4n) is 5.94. The molecule has 9 heteroatoms. The van der Waals surface area contributed by atoms with Crippen LogP contribution in [0.15, 0.2) is 59.3 Å². The second kappa shape index (κ2) is 9.28. The standard InChI is InChI=1S/C29H30N6O3/c1-28(2,26-33-32-25(37-26)22-8-4-3-5-9-22)17-35-18-29(38-27(35)36)12-6-7-21(14-29)16-34-19-31-23-11-10-20(15-30)13-24(23)34/h3-5,8-11,13,19,21H,6-7,12,14,16-18H2,1-2H3/t21-,29?/m0/s1. The average molecular weight is 511 g/mol. The first-order chi connectivity index (χ1) is 18.3. The Labute approximate surface area is 221 Å². The van der Waals surface area contributed by atoms with E-state index in [1.54, 1.807) is 11.0 Å². The van der Waals surface area contributed by atoms with Crippen LogP contribution in [0.1, 0.15) is 51.0 Å². The normalized spacial score (nSPS) is 21.7. The van der Waals surface area contributed by atoms with E-state index in [9.17, 15) is 10.1 Å². The molecule has 6 rings (SSSR count). The molecule has 1 aliphatic carbocycles. The fourth-order valence-corrected chi connectivity index (χ4v) is 5.94. The van der Waals surface area contributed by atoms with Crippen LogP contribution in [0.5, 0.6) is 0 Å². The summed E-state index contributed by atoms with van der Waals surface area (Å²) < 4.78 is 14.2. The lowest BCUT2D eigenvalue weighted by atomic mass is 9.77. The number of nitrogens with zero attached hydrogens (tertiary/aromatic N) is 6. The van der Waals surface area contributed by atoms with E-state index in [0.29, 0.717) is 36.4 Å². The third-order valence-corrected chi connectivity index (χ3v) is 7.76. The topological polar surface area (TPSA) is 110 Å². The van der Waals surface area contributed by atoms with E-state index in [2.05, 4.69) is 25.8 Å². The quantitative estimate of drug-likeness (QED) is 0.345. The predicted octanol–water partition coefficient (Wildman–Crippen LogP) is 5.32. The number of hydrogen-bond acceptors (Lipinski definition) is 7. The maximum absolute atomic E-state index is 13.0. The van der Waals surface area contributed by atoms with Crippen molar-refractivity contribution in [3.8, 4) is 17.5 Å². The summed E-state index contributed by atoms with van der Waals surface area (Å²) in [6, 6.07) is 17.4. The molecule has 1 amide bonds. The fraction of sp³-hybridized carbons (Fsp3) is 0.414. The minimum absolute atomic E-state index is 0.284. The van der Waals surface area contributed by atoms with Crippen LogP contribution in [-0.4, -0.2) is 49.4 Å². The summed E-state index contributed by atoms with van der Waals surface area (Å²) in [5, 5.41) is 17.8. The summed E-state index contributed by atoms with van der Waals surface area (Å²) in [5.41, 5.74) is 2.31. The monoisotopic (exact) mass is 510 g/mol. The molecule has 1 spiro atoms. The van der Waals surface area contributed by atoms with Crippen LogP contribution in [0.2, 0.25) is 0 Å². The van der Waals surface area contributed by atoms with Gasteiger partial charge in [0.25, 0.3) is 0 Å². The molecule has 4 aromatic rings. The summed E-state index contributed by atoms with van der Waals surface area (Å²) in [6.45, 7) is 5.78. The minimum Gasteiger partial charge on any atom is -0.441 e. The Hall–Kier alpha value is -4.19. The first kappa shape index (κ1) is 24.2. The lowest BCUT2D eigenvalue weighted by Crippen LogP contribution is -2.43. The molecule has 38 heavy (non-hydrogen) atoms. The van der Waals surface area contributed by atoms with Crippen molar-refractivity contribution in [1.29, 1.82) is 5.26 Å². The number of imidazole rings is 1. The number of benzene rings is 2. The van der Waals surface area contributed by atoms with Gasteiger partial charge in [-0.1, -0.05) is 18.2 Å². The number of rotatable bonds is 6. The first-order valence-electron chi connectivity index (χ1n) is 13.1. The van der Waals surface area contributed by atoms with Crippen molar-refractivity contribution in [2.75, 3.05) is 13.1 Å². The molecule has 1 unspecified atom stereocenters. The van der Waals surface area contributed by atoms with Gasteiger partial charge in [0.2, 0.25) is 11.8 Å². The number of aromatic nitrogens is 4. The van der Waals surface area contributed by atoms with Crippen molar-refractivity contribution in [2.24, 2.45) is 5.92 Å². The van der Waals surface area contributed by atoms with E-state index < -0.39 is 11.0 Å². The van der Waals surface area contributed by atoms with Gasteiger partial charge in [0, 0.05) is 18.7 Å². The highest BCUT2D eigenvalue weighted by Gasteiger charge is 2.49. The summed E-state index contributed by atoms with van der Waals surface area (Å²) in [6.07, 6.45) is 5.27. The molecule has 0 N–H and O–H groups in total. The Morgan fingerprint density at radius 3 is 2.84 bits per heavy atom. The number of nitriles is 1. The Balaban J connectivity index is 1.14. The van der Waals surface area contributed by atoms with Gasteiger partial charge < -0.3 is 18.6 Å². The Bertz CT molecular complexity index is 1520. The Morgan fingerprint density at radius 1 is 1.18 bits per heavy atom. The number of fused-ring (bicyclic) bond motifs is 1. The lowest BCUT2D eigenvalue weighted by molar-refractivity contribution is 0.00413. The zero-order valence-electron chi connectivity index (χ0n) is 21.6. The summed E-state index contributed by atoms with van der Waals surface area (Å²) in [5.74, 6) is 1.31. The van der Waals surface area contributed by atoms with Crippen LogP contribution >= 0.6 is 0 Å². The van der Waals surface area contributed by atoms with Crippen LogP contribution in [0.3, 0.4) is 0 Å². The molecule has 2 aliphatic rings. The molecule has 0 bridgehead atoms. The van der Waals surface area contributed by atoms with Gasteiger partial charge in [-0.2, -0.15) is 5.26 Å². The van der Waals surface area contributed by atoms with E-state index in [-0.39, 0.29) is 6.09 Å². The van der Waals surface area contributed by atoms with Crippen molar-refractivity contribution in [1.82, 2.24) is 24.6 Å². The second-order valence-electron chi connectivity index (χ2n) is 11.2. The molecular weight excluding hydrogens is 480 g/mol. The highest BCUT2D eigenvalue weighted by atomic mass is 16.6. The van der Waals surface area contributed by atoms with Gasteiger partial charge in [0.05, 0.1) is 41.0 Å². The van der Waals surface area contributed by atoms with Crippen LogP contribution in [0.4, 0.5) is 4.79 Å². The molecule has 194 valence electrons. The summed E-state index contributed by atoms with van der Waals surface area (Å²) >= 11 is 0.